The van der Waals surface area contributed by atoms with Crippen LogP contribution in [0.2, 0.25) is 0 Å². The summed E-state index contributed by atoms with van der Waals surface area (Å²) in [6.45, 7) is 3.28. The van der Waals surface area contributed by atoms with E-state index in [0.29, 0.717) is 5.56 Å². The molecule has 0 spiro atoms. The first-order chi connectivity index (χ1) is 7.51. The number of rotatable bonds is 3. The van der Waals surface area contributed by atoms with E-state index in [2.05, 4.69) is 0 Å². The minimum Gasteiger partial charge on any atom is -0.497 e. The molecule has 0 atom stereocenters. The molecule has 1 aromatic carbocycles. The van der Waals surface area contributed by atoms with Crippen LogP contribution in [0.4, 0.5) is 0 Å². The predicted molar refractivity (Wildman–Crippen MR) is 60.9 cm³/mol. The molecule has 1 aromatic rings. The molecule has 1 N–H and O–H groups in total. The van der Waals surface area contributed by atoms with E-state index in [-0.39, 0.29) is 5.92 Å². The minimum atomic E-state index is -0.741. The minimum absolute atomic E-state index is 0.231. The summed E-state index contributed by atoms with van der Waals surface area (Å²) in [5.41, 5.74) is 0.667. The molecule has 0 bridgehead atoms. The third kappa shape index (κ3) is 5.80. The highest BCUT2D eigenvalue weighted by molar-refractivity contribution is 5.74. The fraction of sp³-hybridized carbons (Fsp3) is 0.333. The van der Waals surface area contributed by atoms with Crippen LogP contribution in [0.1, 0.15) is 24.2 Å². The van der Waals surface area contributed by atoms with Gasteiger partial charge in [0.1, 0.15) is 12.0 Å². The summed E-state index contributed by atoms with van der Waals surface area (Å²) in [4.78, 5) is 19.9. The van der Waals surface area contributed by atoms with Crippen LogP contribution in [0.25, 0.3) is 0 Å². The number of aliphatic carboxylic acids is 1. The van der Waals surface area contributed by atoms with E-state index in [1.165, 1.54) is 0 Å². The first-order valence-corrected chi connectivity index (χ1v) is 4.83. The van der Waals surface area contributed by atoms with Gasteiger partial charge in [-0.05, 0) is 24.3 Å². The number of ether oxygens (including phenoxy) is 1. The van der Waals surface area contributed by atoms with Gasteiger partial charge in [0.15, 0.2) is 0 Å². The maximum absolute atomic E-state index is 10.2. The van der Waals surface area contributed by atoms with Crippen LogP contribution in [0.5, 0.6) is 5.75 Å². The van der Waals surface area contributed by atoms with Gasteiger partial charge in [0.05, 0.1) is 13.0 Å². The summed E-state index contributed by atoms with van der Waals surface area (Å²) >= 11 is 0. The van der Waals surface area contributed by atoms with E-state index >= 15 is 0 Å². The molecule has 0 aliphatic rings. The van der Waals surface area contributed by atoms with Gasteiger partial charge >= 0.3 is 5.97 Å². The van der Waals surface area contributed by atoms with Crippen LogP contribution in [0, 0.1) is 5.92 Å². The van der Waals surface area contributed by atoms with Gasteiger partial charge in [-0.15, -0.1) is 0 Å². The topological polar surface area (TPSA) is 63.6 Å². The summed E-state index contributed by atoms with van der Waals surface area (Å²) in [7, 11) is 1.59. The molecule has 0 saturated carbocycles. The number of benzene rings is 1. The number of hydrogen-bond donors (Lipinski definition) is 1. The van der Waals surface area contributed by atoms with Crippen molar-refractivity contribution in [2.45, 2.75) is 13.8 Å². The standard InChI is InChI=1S/C8H8O2.C4H8O2/c1-10-8-4-2-7(6-9)3-5-8;1-3(2)4(5)6/h2-6H,1H3;3H,1-2H3,(H,5,6). The highest BCUT2D eigenvalue weighted by Gasteiger charge is 1.99. The zero-order valence-electron chi connectivity index (χ0n) is 9.64. The lowest BCUT2D eigenvalue weighted by Crippen LogP contribution is -2.03. The van der Waals surface area contributed by atoms with Crippen LogP contribution in [0.15, 0.2) is 24.3 Å². The van der Waals surface area contributed by atoms with Crippen molar-refractivity contribution in [1.82, 2.24) is 0 Å². The molecule has 0 saturated heterocycles. The second kappa shape index (κ2) is 7.45. The lowest BCUT2D eigenvalue weighted by Gasteiger charge is -1.96. The zero-order chi connectivity index (χ0) is 12.6. The van der Waals surface area contributed by atoms with E-state index in [1.807, 2.05) is 0 Å². The quantitative estimate of drug-likeness (QED) is 0.800. The molecule has 88 valence electrons. The second-order valence-electron chi connectivity index (χ2n) is 3.38. The van der Waals surface area contributed by atoms with Crippen LogP contribution in [0.3, 0.4) is 0 Å². The Balaban J connectivity index is 0.000000325. The molecule has 4 nitrogen and oxygen atoms in total. The Hall–Kier alpha value is -1.84. The number of carboxylic acids is 1. The van der Waals surface area contributed by atoms with Crippen molar-refractivity contribution in [2.24, 2.45) is 5.92 Å². The predicted octanol–water partition coefficient (Wildman–Crippen LogP) is 2.23. The molecule has 16 heavy (non-hydrogen) atoms. The van der Waals surface area contributed by atoms with Gasteiger partial charge in [0.25, 0.3) is 0 Å². The Kier molecular flexibility index (Phi) is 6.59. The average molecular weight is 224 g/mol. The van der Waals surface area contributed by atoms with Crippen LogP contribution >= 0.6 is 0 Å². The summed E-state index contributed by atoms with van der Waals surface area (Å²) < 4.78 is 4.90. The Morgan fingerprint density at radius 2 is 1.75 bits per heavy atom. The van der Waals surface area contributed by atoms with Gasteiger partial charge < -0.3 is 9.84 Å². The smallest absolute Gasteiger partial charge is 0.305 e. The number of methoxy groups -OCH3 is 1. The molecule has 0 aromatic heterocycles. The third-order valence-electron chi connectivity index (χ3n) is 1.75. The van der Waals surface area contributed by atoms with Crippen molar-refractivity contribution < 1.29 is 19.4 Å². The van der Waals surface area contributed by atoms with Gasteiger partial charge in [0, 0.05) is 5.56 Å². The molecule has 0 fully saturated rings. The molecule has 0 unspecified atom stereocenters. The lowest BCUT2D eigenvalue weighted by molar-refractivity contribution is -0.140. The van der Waals surface area contributed by atoms with E-state index in [0.717, 1.165) is 12.0 Å². The van der Waals surface area contributed by atoms with Crippen LogP contribution in [-0.4, -0.2) is 24.5 Å². The fourth-order valence-electron chi connectivity index (χ4n) is 0.682. The summed E-state index contributed by atoms with van der Waals surface area (Å²) in [6.07, 6.45) is 0.805. The van der Waals surface area contributed by atoms with E-state index in [9.17, 15) is 9.59 Å². The second-order valence-corrected chi connectivity index (χ2v) is 3.38. The maximum Gasteiger partial charge on any atom is 0.305 e. The number of carboxylic acid groups (broad SMARTS) is 1. The van der Waals surface area contributed by atoms with Crippen molar-refractivity contribution >= 4 is 12.3 Å². The van der Waals surface area contributed by atoms with Gasteiger partial charge in [-0.2, -0.15) is 0 Å². The van der Waals surface area contributed by atoms with Gasteiger partial charge in [0.2, 0.25) is 0 Å². The highest BCUT2D eigenvalue weighted by Crippen LogP contribution is 2.09. The average Bonchev–Trinajstić information content (AvgIpc) is 2.30. The maximum atomic E-state index is 10.2. The molecule has 4 heteroatoms. The van der Waals surface area contributed by atoms with Crippen molar-refractivity contribution in [3.8, 4) is 5.75 Å². The third-order valence-corrected chi connectivity index (χ3v) is 1.75. The molecular weight excluding hydrogens is 208 g/mol. The zero-order valence-corrected chi connectivity index (χ0v) is 9.64. The number of aldehydes is 1. The Bertz CT molecular complexity index is 327. The Morgan fingerprint density at radius 1 is 1.31 bits per heavy atom. The van der Waals surface area contributed by atoms with Crippen molar-refractivity contribution in [3.05, 3.63) is 29.8 Å². The molecule has 0 heterocycles. The van der Waals surface area contributed by atoms with E-state index < -0.39 is 5.97 Å². The van der Waals surface area contributed by atoms with Gasteiger partial charge in [-0.25, -0.2) is 0 Å². The largest absolute Gasteiger partial charge is 0.497 e. The fourth-order valence-corrected chi connectivity index (χ4v) is 0.682. The summed E-state index contributed by atoms with van der Waals surface area (Å²) in [5, 5.41) is 7.99. The van der Waals surface area contributed by atoms with Crippen molar-refractivity contribution in [1.29, 1.82) is 0 Å². The van der Waals surface area contributed by atoms with Crippen molar-refractivity contribution in [3.63, 3.8) is 0 Å². The number of carbonyl (C=O) groups is 2. The Labute approximate surface area is 94.9 Å². The SMILES string of the molecule is CC(C)C(=O)O.COc1ccc(C=O)cc1. The molecular formula is C12H16O4. The molecule has 0 aliphatic carbocycles. The van der Waals surface area contributed by atoms with E-state index in [1.54, 1.807) is 45.2 Å². The summed E-state index contributed by atoms with van der Waals surface area (Å²) in [5.74, 6) is -0.203. The highest BCUT2D eigenvalue weighted by atomic mass is 16.5. The molecule has 0 amide bonds. The van der Waals surface area contributed by atoms with Crippen LogP contribution in [-0.2, 0) is 4.79 Å². The van der Waals surface area contributed by atoms with Gasteiger partial charge in [-0.1, -0.05) is 13.8 Å². The normalized spacial score (nSPS) is 9.00. The number of carbonyl (C=O) groups excluding carboxylic acids is 1. The first-order valence-electron chi connectivity index (χ1n) is 4.83. The van der Waals surface area contributed by atoms with E-state index in [4.69, 9.17) is 9.84 Å². The lowest BCUT2D eigenvalue weighted by atomic mass is 10.2. The first kappa shape index (κ1) is 14.2. The number of hydrogen-bond acceptors (Lipinski definition) is 3. The molecule has 1 rings (SSSR count). The van der Waals surface area contributed by atoms with Gasteiger partial charge in [-0.3, -0.25) is 9.59 Å². The van der Waals surface area contributed by atoms with Crippen LogP contribution < -0.4 is 4.74 Å². The van der Waals surface area contributed by atoms with Crippen molar-refractivity contribution in [2.75, 3.05) is 7.11 Å². The Morgan fingerprint density at radius 3 is 2.00 bits per heavy atom. The monoisotopic (exact) mass is 224 g/mol. The molecule has 0 radical (unpaired) electrons. The summed E-state index contributed by atoms with van der Waals surface area (Å²) in [6, 6.07) is 6.94. The molecule has 0 aliphatic heterocycles.